The minimum absolute atomic E-state index is 0.132. The number of piperidine rings is 1. The van der Waals surface area contributed by atoms with Crippen LogP contribution in [0.15, 0.2) is 12.1 Å². The van der Waals surface area contributed by atoms with Crippen LogP contribution in [-0.4, -0.2) is 68.4 Å². The Morgan fingerprint density at radius 3 is 2.29 bits per heavy atom. The van der Waals surface area contributed by atoms with Gasteiger partial charge in [-0.2, -0.15) is 23.3 Å². The van der Waals surface area contributed by atoms with E-state index < -0.39 is 12.1 Å². The number of aryl methyl sites for hydroxylation is 2. The molecule has 0 radical (unpaired) electrons. The fraction of sp³-hybridized carbons (Fsp3) is 0.500. The van der Waals surface area contributed by atoms with Gasteiger partial charge in [0.15, 0.2) is 5.82 Å². The van der Waals surface area contributed by atoms with Crippen molar-refractivity contribution in [2.45, 2.75) is 44.9 Å². The summed E-state index contributed by atoms with van der Waals surface area (Å²) in [4.78, 5) is 32.3. The number of fused-ring (bicyclic) bond motifs is 2. The van der Waals surface area contributed by atoms with Gasteiger partial charge in [-0.1, -0.05) is 0 Å². The molecule has 0 aliphatic carbocycles. The topological polar surface area (TPSA) is 136 Å². The minimum Gasteiger partial charge on any atom is -0.475 e. The molecule has 0 spiro atoms. The van der Waals surface area contributed by atoms with Gasteiger partial charge in [-0.3, -0.25) is 9.89 Å². The van der Waals surface area contributed by atoms with Crippen LogP contribution in [0.4, 0.5) is 30.8 Å². The van der Waals surface area contributed by atoms with Crippen LogP contribution in [-0.2, 0) is 9.59 Å². The first kappa shape index (κ1) is 22.5. The summed E-state index contributed by atoms with van der Waals surface area (Å²) < 4.78 is 31.7. The van der Waals surface area contributed by atoms with Crippen molar-refractivity contribution < 1.29 is 27.9 Å². The normalized spacial score (nSPS) is 20.7. The Bertz CT molecular complexity index is 947. The van der Waals surface area contributed by atoms with Crippen LogP contribution in [0, 0.1) is 13.8 Å². The standard InChI is InChI=1S/C16H21N7O.C2HF3O2/c1-9-3-14(19-15-4-10(2)21-22-15)20-16(18-9)23-11-5-13(24)6-12(23)8-17-7-11;3-2(4,5)1(6)7/h3-4,11-12,17H,5-8H2,1-2H3,(H2,18,19,20,21,22);(H,6,7). The minimum atomic E-state index is -5.08. The van der Waals surface area contributed by atoms with Gasteiger partial charge in [0.2, 0.25) is 5.95 Å². The lowest BCUT2D eigenvalue weighted by Crippen LogP contribution is -2.62. The smallest absolute Gasteiger partial charge is 0.475 e. The second kappa shape index (κ2) is 8.88. The average molecular weight is 441 g/mol. The third-order valence-electron chi connectivity index (χ3n) is 4.75. The fourth-order valence-corrected chi connectivity index (χ4v) is 3.53. The van der Waals surface area contributed by atoms with Gasteiger partial charge in [-0.05, 0) is 13.8 Å². The van der Waals surface area contributed by atoms with Crippen molar-refractivity contribution in [2.75, 3.05) is 23.3 Å². The van der Waals surface area contributed by atoms with Crippen LogP contribution >= 0.6 is 0 Å². The molecule has 13 heteroatoms. The Kier molecular flexibility index (Phi) is 6.43. The van der Waals surface area contributed by atoms with E-state index in [0.29, 0.717) is 30.4 Å². The van der Waals surface area contributed by atoms with Gasteiger partial charge in [0.05, 0.1) is 12.1 Å². The highest BCUT2D eigenvalue weighted by Gasteiger charge is 2.39. The van der Waals surface area contributed by atoms with E-state index in [2.05, 4.69) is 35.7 Å². The van der Waals surface area contributed by atoms with Gasteiger partial charge >= 0.3 is 12.1 Å². The van der Waals surface area contributed by atoms with Crippen LogP contribution in [0.3, 0.4) is 0 Å². The maximum absolute atomic E-state index is 11.9. The van der Waals surface area contributed by atoms with Crippen LogP contribution in [0.5, 0.6) is 0 Å². The van der Waals surface area contributed by atoms with E-state index in [-0.39, 0.29) is 12.1 Å². The number of alkyl halides is 3. The molecule has 2 aliphatic rings. The van der Waals surface area contributed by atoms with E-state index in [1.54, 1.807) is 0 Å². The van der Waals surface area contributed by atoms with Gasteiger partial charge in [0.25, 0.3) is 0 Å². The molecule has 2 fully saturated rings. The van der Waals surface area contributed by atoms with Crippen LogP contribution in [0.25, 0.3) is 0 Å². The highest BCUT2D eigenvalue weighted by molar-refractivity contribution is 5.82. The highest BCUT2D eigenvalue weighted by atomic mass is 19.4. The summed E-state index contributed by atoms with van der Waals surface area (Å²) in [6.45, 7) is 5.49. The molecular weight excluding hydrogens is 419 g/mol. The number of carboxylic acid groups (broad SMARTS) is 1. The predicted octanol–water partition coefficient (Wildman–Crippen LogP) is 1.70. The third-order valence-corrected chi connectivity index (χ3v) is 4.75. The van der Waals surface area contributed by atoms with Gasteiger partial charge in [-0.25, -0.2) is 9.78 Å². The van der Waals surface area contributed by atoms with Crippen molar-refractivity contribution in [2.24, 2.45) is 0 Å². The molecule has 2 saturated heterocycles. The number of carboxylic acids is 1. The molecule has 2 aromatic rings. The molecule has 10 nitrogen and oxygen atoms in total. The number of hydrogen-bond donors (Lipinski definition) is 4. The SMILES string of the molecule is Cc1cc(Nc2cc(C)[nH]n2)nc(N2C3CNCC2CC(=O)C3)n1.O=C(O)C(F)(F)F. The number of carbonyl (C=O) groups is 2. The molecule has 0 amide bonds. The lowest BCUT2D eigenvalue weighted by Gasteiger charge is -2.45. The van der Waals surface area contributed by atoms with Gasteiger partial charge < -0.3 is 20.6 Å². The Balaban J connectivity index is 0.000000339. The van der Waals surface area contributed by atoms with E-state index in [0.717, 1.165) is 30.3 Å². The van der Waals surface area contributed by atoms with Crippen molar-refractivity contribution in [1.82, 2.24) is 25.5 Å². The van der Waals surface area contributed by atoms with Crippen LogP contribution < -0.4 is 15.5 Å². The fourth-order valence-electron chi connectivity index (χ4n) is 3.53. The number of aromatic nitrogens is 4. The first-order valence-corrected chi connectivity index (χ1v) is 9.48. The van der Waals surface area contributed by atoms with Gasteiger partial charge in [0.1, 0.15) is 11.6 Å². The Morgan fingerprint density at radius 2 is 1.77 bits per heavy atom. The molecule has 31 heavy (non-hydrogen) atoms. The quantitative estimate of drug-likeness (QED) is 0.561. The number of anilines is 3. The van der Waals surface area contributed by atoms with Crippen molar-refractivity contribution in [1.29, 1.82) is 0 Å². The number of ketones is 1. The second-order valence-corrected chi connectivity index (χ2v) is 7.38. The molecule has 0 saturated carbocycles. The van der Waals surface area contributed by atoms with Gasteiger partial charge in [-0.15, -0.1) is 0 Å². The number of aliphatic carboxylic acids is 1. The summed E-state index contributed by atoms with van der Waals surface area (Å²) in [5.74, 6) is -0.291. The van der Waals surface area contributed by atoms with Crippen LogP contribution in [0.1, 0.15) is 24.2 Å². The Morgan fingerprint density at radius 1 is 1.16 bits per heavy atom. The van der Waals surface area contributed by atoms with Crippen molar-refractivity contribution in [3.63, 3.8) is 0 Å². The first-order chi connectivity index (χ1) is 14.5. The number of aromatic amines is 1. The number of Topliss-reactive ketones (excluding diaryl/α,β-unsaturated/α-hetero) is 1. The Labute approximate surface area is 175 Å². The Hall–Kier alpha value is -3.22. The van der Waals surface area contributed by atoms with E-state index in [9.17, 15) is 18.0 Å². The second-order valence-electron chi connectivity index (χ2n) is 7.38. The molecule has 0 aromatic carbocycles. The summed E-state index contributed by atoms with van der Waals surface area (Å²) >= 11 is 0. The number of halogens is 3. The molecular formula is C18H22F3N7O3. The lowest BCUT2D eigenvalue weighted by atomic mass is 9.92. The zero-order valence-corrected chi connectivity index (χ0v) is 16.8. The monoisotopic (exact) mass is 441 g/mol. The number of carbonyl (C=O) groups excluding carboxylic acids is 1. The third kappa shape index (κ3) is 5.69. The molecule has 2 unspecified atom stereocenters. The van der Waals surface area contributed by atoms with Crippen molar-refractivity contribution in [3.8, 4) is 0 Å². The van der Waals surface area contributed by atoms with E-state index in [1.165, 1.54) is 0 Å². The number of nitrogens with one attached hydrogen (secondary N) is 3. The molecule has 4 heterocycles. The molecule has 2 bridgehead atoms. The summed E-state index contributed by atoms with van der Waals surface area (Å²) in [5.41, 5.74) is 1.87. The number of rotatable bonds is 3. The maximum Gasteiger partial charge on any atom is 0.490 e. The number of nitrogens with zero attached hydrogens (tertiary/aromatic N) is 4. The zero-order chi connectivity index (χ0) is 22.8. The summed E-state index contributed by atoms with van der Waals surface area (Å²) in [5, 5.41) is 20.8. The van der Waals surface area contributed by atoms with E-state index in [4.69, 9.17) is 9.90 Å². The summed E-state index contributed by atoms with van der Waals surface area (Å²) in [6.07, 6.45) is -3.97. The molecule has 2 aromatic heterocycles. The van der Waals surface area contributed by atoms with E-state index >= 15 is 0 Å². The van der Waals surface area contributed by atoms with Crippen LogP contribution in [0.2, 0.25) is 0 Å². The number of H-pyrrole nitrogens is 1. The average Bonchev–Trinajstić information content (AvgIpc) is 3.04. The maximum atomic E-state index is 11.9. The van der Waals surface area contributed by atoms with Crippen molar-refractivity contribution >= 4 is 29.3 Å². The molecule has 2 atom stereocenters. The predicted molar refractivity (Wildman–Crippen MR) is 104 cm³/mol. The lowest BCUT2D eigenvalue weighted by molar-refractivity contribution is -0.192. The summed E-state index contributed by atoms with van der Waals surface area (Å²) in [7, 11) is 0. The summed E-state index contributed by atoms with van der Waals surface area (Å²) in [6, 6.07) is 4.09. The zero-order valence-electron chi connectivity index (χ0n) is 16.8. The highest BCUT2D eigenvalue weighted by Crippen LogP contribution is 2.28. The molecule has 2 aliphatic heterocycles. The number of hydrogen-bond acceptors (Lipinski definition) is 8. The molecule has 4 N–H and O–H groups in total. The van der Waals surface area contributed by atoms with Gasteiger partial charge in [0, 0.05) is 49.5 Å². The molecule has 168 valence electrons. The largest absolute Gasteiger partial charge is 0.490 e. The molecule has 4 rings (SSSR count). The van der Waals surface area contributed by atoms with Crippen molar-refractivity contribution in [3.05, 3.63) is 23.5 Å². The first-order valence-electron chi connectivity index (χ1n) is 9.48. The van der Waals surface area contributed by atoms with E-state index in [1.807, 2.05) is 26.0 Å². The number of piperazine rings is 1.